The molecule has 1 aliphatic heterocycles. The molecule has 1 aliphatic rings. The lowest BCUT2D eigenvalue weighted by atomic mass is 10.0. The molecule has 1 fully saturated rings. The van der Waals surface area contributed by atoms with Crippen LogP contribution >= 0.6 is 0 Å². The van der Waals surface area contributed by atoms with Crippen LogP contribution in [-0.2, 0) is 11.3 Å². The monoisotopic (exact) mass is 311 g/mol. The van der Waals surface area contributed by atoms with Crippen LogP contribution in [0.15, 0.2) is 54.6 Å². The highest BCUT2D eigenvalue weighted by Crippen LogP contribution is 2.37. The second kappa shape index (κ2) is 6.84. The first-order valence-corrected chi connectivity index (χ1v) is 7.85. The number of nitrogens with zero attached hydrogens (tertiary/aromatic N) is 1. The van der Waals surface area contributed by atoms with Crippen molar-refractivity contribution in [3.8, 4) is 5.75 Å². The topological polar surface area (TPSA) is 49.8 Å². The van der Waals surface area contributed by atoms with Gasteiger partial charge < -0.3 is 9.84 Å². The molecular formula is C19H21NO3. The molecule has 3 rings (SSSR count). The van der Waals surface area contributed by atoms with E-state index < -0.39 is 12.0 Å². The van der Waals surface area contributed by atoms with Crippen LogP contribution in [0, 0.1) is 0 Å². The molecule has 120 valence electrons. The van der Waals surface area contributed by atoms with Crippen molar-refractivity contribution in [1.29, 1.82) is 0 Å². The molecule has 0 aliphatic carbocycles. The lowest BCUT2D eigenvalue weighted by Gasteiger charge is -2.28. The Balaban J connectivity index is 1.84. The van der Waals surface area contributed by atoms with Crippen molar-refractivity contribution in [1.82, 2.24) is 4.90 Å². The van der Waals surface area contributed by atoms with E-state index in [1.54, 1.807) is 7.11 Å². The third-order valence-electron chi connectivity index (χ3n) is 4.51. The first kappa shape index (κ1) is 15.6. The van der Waals surface area contributed by atoms with E-state index in [2.05, 4.69) is 17.0 Å². The lowest BCUT2D eigenvalue weighted by Crippen LogP contribution is -2.36. The molecule has 4 heteroatoms. The molecule has 0 amide bonds. The van der Waals surface area contributed by atoms with Gasteiger partial charge in [0, 0.05) is 12.6 Å². The van der Waals surface area contributed by atoms with Crippen LogP contribution in [0.5, 0.6) is 5.75 Å². The zero-order valence-corrected chi connectivity index (χ0v) is 13.2. The number of aliphatic carboxylic acids is 1. The van der Waals surface area contributed by atoms with E-state index in [0.29, 0.717) is 13.0 Å². The smallest absolute Gasteiger partial charge is 0.320 e. The van der Waals surface area contributed by atoms with Crippen molar-refractivity contribution < 1.29 is 14.6 Å². The number of hydrogen-bond donors (Lipinski definition) is 1. The molecule has 0 spiro atoms. The first-order chi connectivity index (χ1) is 11.2. The highest BCUT2D eigenvalue weighted by atomic mass is 16.5. The van der Waals surface area contributed by atoms with Crippen molar-refractivity contribution in [3.05, 3.63) is 65.7 Å². The quantitative estimate of drug-likeness (QED) is 0.918. The number of likely N-dealkylation sites (tertiary alicyclic amines) is 1. The molecule has 0 saturated carbocycles. The highest BCUT2D eigenvalue weighted by Gasteiger charge is 2.38. The van der Waals surface area contributed by atoms with Crippen LogP contribution in [0.3, 0.4) is 0 Å². The molecule has 2 aromatic carbocycles. The molecule has 1 N–H and O–H groups in total. The Morgan fingerprint density at radius 3 is 2.43 bits per heavy atom. The summed E-state index contributed by atoms with van der Waals surface area (Å²) < 4.78 is 5.18. The van der Waals surface area contributed by atoms with Crippen LogP contribution in [0.1, 0.15) is 30.0 Å². The van der Waals surface area contributed by atoms with E-state index in [-0.39, 0.29) is 6.04 Å². The third-order valence-corrected chi connectivity index (χ3v) is 4.51. The maximum absolute atomic E-state index is 11.6. The van der Waals surface area contributed by atoms with E-state index in [1.807, 2.05) is 42.5 Å². The van der Waals surface area contributed by atoms with Gasteiger partial charge in [0.2, 0.25) is 0 Å². The number of methoxy groups -OCH3 is 1. The number of ether oxygens (including phenoxy) is 1. The van der Waals surface area contributed by atoms with Gasteiger partial charge in [0.1, 0.15) is 11.8 Å². The van der Waals surface area contributed by atoms with Gasteiger partial charge in [-0.1, -0.05) is 42.5 Å². The summed E-state index contributed by atoms with van der Waals surface area (Å²) in [6.07, 6.45) is 1.56. The lowest BCUT2D eigenvalue weighted by molar-refractivity contribution is -0.142. The van der Waals surface area contributed by atoms with Crippen LogP contribution in [-0.4, -0.2) is 29.1 Å². The summed E-state index contributed by atoms with van der Waals surface area (Å²) in [6, 6.07) is 17.7. The van der Waals surface area contributed by atoms with Gasteiger partial charge >= 0.3 is 5.97 Å². The summed E-state index contributed by atoms with van der Waals surface area (Å²) in [5.74, 6) is 0.0708. The molecule has 2 aromatic rings. The van der Waals surface area contributed by atoms with Crippen molar-refractivity contribution in [3.63, 3.8) is 0 Å². The average Bonchev–Trinajstić information content (AvgIpc) is 3.00. The summed E-state index contributed by atoms with van der Waals surface area (Å²) in [6.45, 7) is 0.626. The fourth-order valence-electron chi connectivity index (χ4n) is 3.33. The number of hydrogen-bond acceptors (Lipinski definition) is 3. The largest absolute Gasteiger partial charge is 0.497 e. The Hall–Kier alpha value is -2.33. The third kappa shape index (κ3) is 3.37. The minimum Gasteiger partial charge on any atom is -0.497 e. The van der Waals surface area contributed by atoms with Gasteiger partial charge in [0.25, 0.3) is 0 Å². The van der Waals surface area contributed by atoms with E-state index in [0.717, 1.165) is 17.7 Å². The van der Waals surface area contributed by atoms with Gasteiger partial charge in [-0.25, -0.2) is 0 Å². The minimum absolute atomic E-state index is 0.152. The normalized spacial score (nSPS) is 21.3. The molecule has 0 aromatic heterocycles. The molecule has 1 unspecified atom stereocenters. The standard InChI is InChI=1S/C19H21NO3/c1-23-16-9-7-14(8-10-16)13-20-17(11-12-18(20)19(21)22)15-5-3-2-4-6-15/h2-10,17-18H,11-13H2,1H3,(H,21,22)/t17-,18?/m0/s1. The van der Waals surface area contributed by atoms with Crippen molar-refractivity contribution in [2.24, 2.45) is 0 Å². The Labute approximate surface area is 136 Å². The minimum atomic E-state index is -0.739. The summed E-state index contributed by atoms with van der Waals surface area (Å²) in [4.78, 5) is 13.7. The summed E-state index contributed by atoms with van der Waals surface area (Å²) in [5, 5.41) is 9.55. The van der Waals surface area contributed by atoms with Crippen LogP contribution in [0.2, 0.25) is 0 Å². The predicted molar refractivity (Wildman–Crippen MR) is 88.4 cm³/mol. The first-order valence-electron chi connectivity index (χ1n) is 7.85. The predicted octanol–water partition coefficient (Wildman–Crippen LogP) is 3.49. The molecule has 2 atom stereocenters. The average molecular weight is 311 g/mol. The van der Waals surface area contributed by atoms with Crippen LogP contribution in [0.25, 0.3) is 0 Å². The number of rotatable bonds is 5. The fraction of sp³-hybridized carbons (Fsp3) is 0.316. The summed E-state index contributed by atoms with van der Waals surface area (Å²) in [5.41, 5.74) is 2.28. The fourth-order valence-corrected chi connectivity index (χ4v) is 3.33. The molecule has 23 heavy (non-hydrogen) atoms. The van der Waals surface area contributed by atoms with Gasteiger partial charge in [-0.15, -0.1) is 0 Å². The molecule has 1 heterocycles. The summed E-state index contributed by atoms with van der Waals surface area (Å²) in [7, 11) is 1.64. The Morgan fingerprint density at radius 1 is 1.13 bits per heavy atom. The SMILES string of the molecule is COc1ccc(CN2C(C(=O)O)CC[C@H]2c2ccccc2)cc1. The van der Waals surface area contributed by atoms with Crippen molar-refractivity contribution >= 4 is 5.97 Å². The molecule has 1 saturated heterocycles. The number of carboxylic acids is 1. The number of benzene rings is 2. The van der Waals surface area contributed by atoms with Gasteiger partial charge in [0.05, 0.1) is 7.11 Å². The molecule has 4 nitrogen and oxygen atoms in total. The second-order valence-electron chi connectivity index (χ2n) is 5.88. The van der Waals surface area contributed by atoms with E-state index in [1.165, 1.54) is 5.56 Å². The van der Waals surface area contributed by atoms with E-state index in [9.17, 15) is 9.90 Å². The summed E-state index contributed by atoms with van der Waals surface area (Å²) >= 11 is 0. The van der Waals surface area contributed by atoms with Gasteiger partial charge in [0.15, 0.2) is 0 Å². The zero-order valence-electron chi connectivity index (χ0n) is 13.2. The van der Waals surface area contributed by atoms with Gasteiger partial charge in [-0.3, -0.25) is 9.69 Å². The maximum atomic E-state index is 11.6. The van der Waals surface area contributed by atoms with E-state index >= 15 is 0 Å². The number of carboxylic acid groups (broad SMARTS) is 1. The molecule has 0 bridgehead atoms. The zero-order chi connectivity index (χ0) is 16.2. The van der Waals surface area contributed by atoms with Crippen LogP contribution < -0.4 is 4.74 Å². The maximum Gasteiger partial charge on any atom is 0.320 e. The van der Waals surface area contributed by atoms with Crippen molar-refractivity contribution in [2.45, 2.75) is 31.5 Å². The highest BCUT2D eigenvalue weighted by molar-refractivity contribution is 5.74. The Bertz CT molecular complexity index is 654. The van der Waals surface area contributed by atoms with Crippen molar-refractivity contribution in [2.75, 3.05) is 7.11 Å². The van der Waals surface area contributed by atoms with Gasteiger partial charge in [-0.05, 0) is 36.1 Å². The van der Waals surface area contributed by atoms with E-state index in [4.69, 9.17) is 4.74 Å². The number of carbonyl (C=O) groups is 1. The Kier molecular flexibility index (Phi) is 4.63. The molecular weight excluding hydrogens is 290 g/mol. The van der Waals surface area contributed by atoms with Gasteiger partial charge in [-0.2, -0.15) is 0 Å². The Morgan fingerprint density at radius 2 is 1.83 bits per heavy atom. The molecule has 0 radical (unpaired) electrons. The second-order valence-corrected chi connectivity index (χ2v) is 5.88. The van der Waals surface area contributed by atoms with Crippen LogP contribution in [0.4, 0.5) is 0 Å².